The van der Waals surface area contributed by atoms with Gasteiger partial charge in [0.05, 0.1) is 0 Å². The highest BCUT2D eigenvalue weighted by atomic mass is 32.1. The van der Waals surface area contributed by atoms with Crippen LogP contribution in [0, 0.1) is 0 Å². The first-order valence-electron chi connectivity index (χ1n) is 7.99. The van der Waals surface area contributed by atoms with E-state index in [1.807, 2.05) is 23.1 Å². The molecule has 6 nitrogen and oxygen atoms in total. The molecule has 0 saturated carbocycles. The molecule has 0 aliphatic carbocycles. The van der Waals surface area contributed by atoms with E-state index in [9.17, 15) is 4.79 Å². The molecular formula is C17H21N5OS. The number of thiophene rings is 1. The first-order chi connectivity index (χ1) is 11.7. The van der Waals surface area contributed by atoms with Crippen LogP contribution in [-0.4, -0.2) is 41.4 Å². The number of aliphatic imine (C=N–C) groups is 1. The number of guanidine groups is 1. The Hall–Kier alpha value is -2.41. The SMILES string of the molecule is NC(=NCC(=O)N1CCc2sccc2C1)NCCc1ccccn1. The molecular weight excluding hydrogens is 322 g/mol. The Balaban J connectivity index is 1.42. The average Bonchev–Trinajstić information content (AvgIpc) is 3.08. The Labute approximate surface area is 145 Å². The molecule has 0 spiro atoms. The minimum absolute atomic E-state index is 0.0151. The van der Waals surface area contributed by atoms with E-state index >= 15 is 0 Å². The summed E-state index contributed by atoms with van der Waals surface area (Å²) in [6, 6.07) is 7.90. The second kappa shape index (κ2) is 7.92. The smallest absolute Gasteiger partial charge is 0.244 e. The van der Waals surface area contributed by atoms with Gasteiger partial charge >= 0.3 is 0 Å². The molecule has 24 heavy (non-hydrogen) atoms. The first kappa shape index (κ1) is 16.4. The van der Waals surface area contributed by atoms with Crippen molar-refractivity contribution in [2.75, 3.05) is 19.6 Å². The number of pyridine rings is 1. The normalized spacial score (nSPS) is 14.3. The van der Waals surface area contributed by atoms with E-state index in [4.69, 9.17) is 5.73 Å². The summed E-state index contributed by atoms with van der Waals surface area (Å²) >= 11 is 1.76. The lowest BCUT2D eigenvalue weighted by Crippen LogP contribution is -2.38. The lowest BCUT2D eigenvalue weighted by Gasteiger charge is -2.26. The van der Waals surface area contributed by atoms with Crippen molar-refractivity contribution in [3.8, 4) is 0 Å². The van der Waals surface area contributed by atoms with E-state index in [1.54, 1.807) is 17.5 Å². The van der Waals surface area contributed by atoms with Crippen molar-refractivity contribution >= 4 is 23.2 Å². The fourth-order valence-corrected chi connectivity index (χ4v) is 3.52. The van der Waals surface area contributed by atoms with E-state index in [2.05, 4.69) is 26.7 Å². The molecule has 126 valence electrons. The van der Waals surface area contributed by atoms with Gasteiger partial charge in [0, 0.05) is 42.8 Å². The van der Waals surface area contributed by atoms with Crippen molar-refractivity contribution in [2.24, 2.45) is 10.7 Å². The highest BCUT2D eigenvalue weighted by molar-refractivity contribution is 7.10. The maximum Gasteiger partial charge on any atom is 0.244 e. The van der Waals surface area contributed by atoms with Crippen LogP contribution in [0.5, 0.6) is 0 Å². The van der Waals surface area contributed by atoms with Gasteiger partial charge < -0.3 is 16.0 Å². The lowest BCUT2D eigenvalue weighted by atomic mass is 10.1. The minimum atomic E-state index is 0.0151. The topological polar surface area (TPSA) is 83.6 Å². The van der Waals surface area contributed by atoms with Crippen LogP contribution in [-0.2, 0) is 24.2 Å². The summed E-state index contributed by atoms with van der Waals surface area (Å²) in [5, 5.41) is 5.10. The second-order valence-electron chi connectivity index (χ2n) is 5.63. The van der Waals surface area contributed by atoms with Crippen molar-refractivity contribution in [3.63, 3.8) is 0 Å². The quantitative estimate of drug-likeness (QED) is 0.631. The Morgan fingerprint density at radius 1 is 1.42 bits per heavy atom. The second-order valence-corrected chi connectivity index (χ2v) is 6.63. The zero-order valence-electron chi connectivity index (χ0n) is 13.4. The standard InChI is InChI=1S/C17H21N5OS/c18-17(20-8-4-14-3-1-2-7-19-14)21-11-16(23)22-9-5-15-13(12-22)6-10-24-15/h1-3,6-7,10H,4-5,8-9,11-12H2,(H3,18,20,21). The first-order valence-corrected chi connectivity index (χ1v) is 8.87. The van der Waals surface area contributed by atoms with Crippen molar-refractivity contribution in [1.82, 2.24) is 15.2 Å². The molecule has 0 aromatic carbocycles. The number of nitrogens with zero attached hydrogens (tertiary/aromatic N) is 3. The van der Waals surface area contributed by atoms with Gasteiger partial charge in [-0.15, -0.1) is 11.3 Å². The summed E-state index contributed by atoms with van der Waals surface area (Å²) in [4.78, 5) is 23.9. The fourth-order valence-electron chi connectivity index (χ4n) is 2.63. The van der Waals surface area contributed by atoms with E-state index in [0.717, 1.165) is 25.1 Å². The highest BCUT2D eigenvalue weighted by Gasteiger charge is 2.20. The van der Waals surface area contributed by atoms with Crippen LogP contribution in [0.3, 0.4) is 0 Å². The number of nitrogens with two attached hydrogens (primary N) is 1. The maximum atomic E-state index is 12.3. The van der Waals surface area contributed by atoms with Crippen LogP contribution in [0.15, 0.2) is 40.8 Å². The molecule has 0 saturated heterocycles. The molecule has 3 N–H and O–H groups in total. The number of fused-ring (bicyclic) bond motifs is 1. The van der Waals surface area contributed by atoms with E-state index in [1.165, 1.54) is 10.4 Å². The van der Waals surface area contributed by atoms with Crippen molar-refractivity contribution in [1.29, 1.82) is 0 Å². The summed E-state index contributed by atoms with van der Waals surface area (Å²) in [5.74, 6) is 0.314. The van der Waals surface area contributed by atoms with Crippen LogP contribution in [0.4, 0.5) is 0 Å². The number of hydrogen-bond donors (Lipinski definition) is 2. The molecule has 1 aliphatic rings. The largest absolute Gasteiger partial charge is 0.370 e. The van der Waals surface area contributed by atoms with Gasteiger partial charge in [-0.25, -0.2) is 4.99 Å². The number of carbonyl (C=O) groups excluding carboxylic acids is 1. The number of carbonyl (C=O) groups is 1. The van der Waals surface area contributed by atoms with Gasteiger partial charge in [-0.1, -0.05) is 6.07 Å². The Bertz CT molecular complexity index is 713. The van der Waals surface area contributed by atoms with Gasteiger partial charge in [0.25, 0.3) is 0 Å². The molecule has 3 rings (SSSR count). The summed E-state index contributed by atoms with van der Waals surface area (Å²) < 4.78 is 0. The van der Waals surface area contributed by atoms with Gasteiger partial charge in [-0.2, -0.15) is 0 Å². The van der Waals surface area contributed by atoms with Crippen molar-refractivity contribution < 1.29 is 4.79 Å². The molecule has 1 aliphatic heterocycles. The minimum Gasteiger partial charge on any atom is -0.370 e. The third-order valence-electron chi connectivity index (χ3n) is 3.96. The molecule has 3 heterocycles. The molecule has 0 unspecified atom stereocenters. The fraction of sp³-hybridized carbons (Fsp3) is 0.353. The Morgan fingerprint density at radius 2 is 2.33 bits per heavy atom. The molecule has 0 radical (unpaired) electrons. The van der Waals surface area contributed by atoms with Crippen molar-refractivity contribution in [2.45, 2.75) is 19.4 Å². The van der Waals surface area contributed by atoms with Crippen LogP contribution >= 0.6 is 11.3 Å². The highest BCUT2D eigenvalue weighted by Crippen LogP contribution is 2.23. The van der Waals surface area contributed by atoms with Crippen LogP contribution in [0.25, 0.3) is 0 Å². The van der Waals surface area contributed by atoms with Gasteiger partial charge in [0.15, 0.2) is 5.96 Å². The number of amides is 1. The zero-order valence-corrected chi connectivity index (χ0v) is 14.3. The number of rotatable bonds is 5. The predicted octanol–water partition coefficient (Wildman–Crippen LogP) is 1.17. The summed E-state index contributed by atoms with van der Waals surface area (Å²) in [6.45, 7) is 2.17. The number of aromatic nitrogens is 1. The number of hydrogen-bond acceptors (Lipinski definition) is 4. The van der Waals surface area contributed by atoms with Gasteiger partial charge in [0.2, 0.25) is 5.91 Å². The zero-order chi connectivity index (χ0) is 16.8. The monoisotopic (exact) mass is 343 g/mol. The molecule has 0 atom stereocenters. The third-order valence-corrected chi connectivity index (χ3v) is 4.98. The summed E-state index contributed by atoms with van der Waals surface area (Å²) in [6.07, 6.45) is 3.46. The molecule has 2 aromatic rings. The van der Waals surface area contributed by atoms with Crippen LogP contribution < -0.4 is 11.1 Å². The van der Waals surface area contributed by atoms with Gasteiger partial charge in [-0.05, 0) is 35.6 Å². The molecule has 7 heteroatoms. The number of nitrogens with one attached hydrogen (secondary N) is 1. The lowest BCUT2D eigenvalue weighted by molar-refractivity contribution is -0.130. The maximum absolute atomic E-state index is 12.3. The van der Waals surface area contributed by atoms with E-state index < -0.39 is 0 Å². The Kier molecular flexibility index (Phi) is 5.43. The van der Waals surface area contributed by atoms with Gasteiger partial charge in [0.1, 0.15) is 6.54 Å². The van der Waals surface area contributed by atoms with Crippen molar-refractivity contribution in [3.05, 3.63) is 52.0 Å². The average molecular weight is 343 g/mol. The third kappa shape index (κ3) is 4.32. The predicted molar refractivity (Wildman–Crippen MR) is 95.9 cm³/mol. The van der Waals surface area contributed by atoms with E-state index in [0.29, 0.717) is 19.0 Å². The van der Waals surface area contributed by atoms with Crippen LogP contribution in [0.2, 0.25) is 0 Å². The molecule has 2 aromatic heterocycles. The van der Waals surface area contributed by atoms with Crippen LogP contribution in [0.1, 0.15) is 16.1 Å². The molecule has 0 fully saturated rings. The Morgan fingerprint density at radius 3 is 3.17 bits per heavy atom. The van der Waals surface area contributed by atoms with Gasteiger partial charge in [-0.3, -0.25) is 9.78 Å². The van der Waals surface area contributed by atoms with E-state index in [-0.39, 0.29) is 12.5 Å². The molecule has 0 bridgehead atoms. The summed E-state index contributed by atoms with van der Waals surface area (Å²) in [5.41, 5.74) is 8.07. The summed E-state index contributed by atoms with van der Waals surface area (Å²) in [7, 11) is 0. The molecule has 1 amide bonds.